The van der Waals surface area contributed by atoms with Crippen molar-refractivity contribution < 1.29 is 144 Å². The van der Waals surface area contributed by atoms with Crippen LogP contribution in [-0.2, 0) is 56.8 Å². The number of aliphatic hydroxyl groups excluding tert-OH is 17. The molecular formula is C39H67NO29. The number of hydrogen-bond acceptors (Lipinski definition) is 30. The van der Waals surface area contributed by atoms with Crippen LogP contribution in [0.4, 0.5) is 0 Å². The maximum atomic E-state index is 11.6. The monoisotopic (exact) mass is 1010 g/mol. The summed E-state index contributed by atoms with van der Waals surface area (Å²) in [5.41, 5.74) is 6.50. The first-order valence-electron chi connectivity index (χ1n) is 22.2. The van der Waals surface area contributed by atoms with E-state index in [9.17, 15) is 86.8 Å². The average Bonchev–Trinajstić information content (AvgIpc) is 3.34. The first kappa shape index (κ1) is 56.8. The molecule has 0 aromatic heterocycles. The Morgan fingerprint density at radius 1 is 0.377 bits per heavy atom. The van der Waals surface area contributed by atoms with E-state index < -0.39 is 217 Å². The molecule has 19 N–H and O–H groups in total. The summed E-state index contributed by atoms with van der Waals surface area (Å²) in [6.07, 6.45) is -50.5. The zero-order chi connectivity index (χ0) is 50.8. The Morgan fingerprint density at radius 3 is 1.30 bits per heavy atom. The Bertz CT molecular complexity index is 1580. The fourth-order valence-electron chi connectivity index (χ4n) is 8.77. The molecule has 6 aliphatic heterocycles. The van der Waals surface area contributed by atoms with E-state index in [0.29, 0.717) is 0 Å². The van der Waals surface area contributed by atoms with E-state index in [-0.39, 0.29) is 6.61 Å². The van der Waals surface area contributed by atoms with Crippen molar-refractivity contribution in [2.24, 2.45) is 5.73 Å². The van der Waals surface area contributed by atoms with Gasteiger partial charge in [-0.15, -0.1) is 6.58 Å². The highest BCUT2D eigenvalue weighted by atomic mass is 16.8. The lowest BCUT2D eigenvalue weighted by Crippen LogP contribution is -2.69. The molecule has 0 aromatic rings. The second-order valence-electron chi connectivity index (χ2n) is 17.4. The third kappa shape index (κ3) is 11.9. The lowest BCUT2D eigenvalue weighted by molar-refractivity contribution is -0.392. The molecule has 12 unspecified atom stereocenters. The minimum absolute atomic E-state index is 0.101. The van der Waals surface area contributed by atoms with E-state index >= 15 is 0 Å². The Balaban J connectivity index is 1.17. The van der Waals surface area contributed by atoms with Crippen LogP contribution in [0, 0.1) is 0 Å². The van der Waals surface area contributed by atoms with E-state index in [1.54, 1.807) is 0 Å². The maximum Gasteiger partial charge on any atom is 0.187 e. The molecule has 6 saturated heterocycles. The lowest BCUT2D eigenvalue weighted by atomic mass is 9.94. The van der Waals surface area contributed by atoms with Gasteiger partial charge in [-0.1, -0.05) is 6.08 Å². The third-order valence-corrected chi connectivity index (χ3v) is 12.8. The van der Waals surface area contributed by atoms with Crippen LogP contribution in [0.5, 0.6) is 0 Å². The molecule has 30 atom stereocenters. The van der Waals surface area contributed by atoms with Gasteiger partial charge < -0.3 is 149 Å². The van der Waals surface area contributed by atoms with Gasteiger partial charge in [0.15, 0.2) is 37.7 Å². The molecule has 0 spiro atoms. The van der Waals surface area contributed by atoms with Crippen LogP contribution in [0.15, 0.2) is 12.7 Å². The first-order chi connectivity index (χ1) is 32.8. The molecule has 0 aliphatic carbocycles. The number of nitrogens with two attached hydrogens (primary N) is 1. The van der Waals surface area contributed by atoms with Crippen LogP contribution in [0.3, 0.4) is 0 Å². The number of ether oxygens (including phenoxy) is 12. The van der Waals surface area contributed by atoms with Crippen molar-refractivity contribution in [1.82, 2.24) is 0 Å². The van der Waals surface area contributed by atoms with Crippen molar-refractivity contribution in [3.8, 4) is 0 Å². The molecule has 6 aliphatic rings. The topological polar surface area (TPSA) is 481 Å². The van der Waals surface area contributed by atoms with Crippen LogP contribution in [0.25, 0.3) is 0 Å². The minimum Gasteiger partial charge on any atom is -0.394 e. The minimum atomic E-state index is -2.15. The Hall–Kier alpha value is -1.46. The summed E-state index contributed by atoms with van der Waals surface area (Å²) < 4.78 is 68.0. The molecule has 30 nitrogen and oxygen atoms in total. The van der Waals surface area contributed by atoms with E-state index in [1.807, 2.05) is 0 Å². The molecule has 0 saturated carbocycles. The van der Waals surface area contributed by atoms with Crippen LogP contribution < -0.4 is 5.73 Å². The Morgan fingerprint density at radius 2 is 0.754 bits per heavy atom. The van der Waals surface area contributed by atoms with Gasteiger partial charge in [0.2, 0.25) is 0 Å². The van der Waals surface area contributed by atoms with Gasteiger partial charge in [0, 0.05) is 0 Å². The number of rotatable bonds is 18. The Kier molecular flexibility index (Phi) is 20.4. The zero-order valence-electron chi connectivity index (χ0n) is 36.9. The molecule has 402 valence electrons. The first-order valence-corrected chi connectivity index (χ1v) is 22.2. The van der Waals surface area contributed by atoms with E-state index in [2.05, 4.69) is 6.58 Å². The fourth-order valence-corrected chi connectivity index (χ4v) is 8.77. The zero-order valence-corrected chi connectivity index (χ0v) is 36.9. The van der Waals surface area contributed by atoms with Gasteiger partial charge in [0.05, 0.1) is 51.8 Å². The predicted molar refractivity (Wildman–Crippen MR) is 214 cm³/mol. The molecule has 0 bridgehead atoms. The van der Waals surface area contributed by atoms with Crippen molar-refractivity contribution >= 4 is 0 Å². The van der Waals surface area contributed by atoms with Gasteiger partial charge in [0.1, 0.15) is 134 Å². The van der Waals surface area contributed by atoms with Crippen molar-refractivity contribution in [2.75, 3.05) is 39.6 Å². The van der Waals surface area contributed by atoms with Crippen LogP contribution >= 0.6 is 0 Å². The number of hydrogen-bond donors (Lipinski definition) is 18. The summed E-state index contributed by atoms with van der Waals surface area (Å²) in [4.78, 5) is 0. The summed E-state index contributed by atoms with van der Waals surface area (Å²) in [5.74, 6) is 0. The van der Waals surface area contributed by atoms with Crippen molar-refractivity contribution in [3.63, 3.8) is 0 Å². The average molecular weight is 1010 g/mol. The van der Waals surface area contributed by atoms with Crippen molar-refractivity contribution in [2.45, 2.75) is 191 Å². The smallest absolute Gasteiger partial charge is 0.187 e. The summed E-state index contributed by atoms with van der Waals surface area (Å²) >= 11 is 0. The van der Waals surface area contributed by atoms with Gasteiger partial charge in [-0.3, -0.25) is 0 Å². The van der Waals surface area contributed by atoms with Crippen molar-refractivity contribution in [1.29, 1.82) is 0 Å². The molecule has 69 heavy (non-hydrogen) atoms. The quantitative estimate of drug-likeness (QED) is 0.0567. The molecule has 6 heterocycles. The molecule has 0 aromatic carbocycles. The lowest BCUT2D eigenvalue weighted by Gasteiger charge is -2.50. The predicted octanol–water partition coefficient (Wildman–Crippen LogP) is -11.9. The van der Waals surface area contributed by atoms with Crippen LogP contribution in [0.1, 0.15) is 6.92 Å². The standard InChI is InChI=1S/C39H67NO29/c1-3-4-58-35-26(55)23(52)29(14(8-44)63-35)65-37-27(56)24(53)30(15(9-45)64-37)66-38-28(57)32(20(49)13(7-43)61-38)68-34-16(40)31(19(48)12(6-42)60-34)67-39-33(22(51)18(47)11(5-41)62-39)69-36-25(54)21(50)17(46)10(2)59-36/h3,10-39,41-57H,1,4-9,40H2,2H3/t10?,11?,12?,13?,14?,15?,16?,17-,18-,19-,20-,21+,22-,23+,24+,25?,26?,27?,28+,29-,30-,31+,32?,33?,34-,35+,36-,37-,38-,39-/m0/s1. The summed E-state index contributed by atoms with van der Waals surface area (Å²) in [7, 11) is 0. The molecular weight excluding hydrogens is 946 g/mol. The normalized spacial score (nSPS) is 52.1. The Labute approximate surface area is 392 Å². The van der Waals surface area contributed by atoms with Crippen LogP contribution in [-0.4, -0.2) is 311 Å². The highest BCUT2D eigenvalue weighted by molar-refractivity contribution is 5.00. The highest BCUT2D eigenvalue weighted by Gasteiger charge is 2.57. The second kappa shape index (κ2) is 24.7. The molecule has 30 heteroatoms. The van der Waals surface area contributed by atoms with E-state index in [1.165, 1.54) is 13.0 Å². The number of aliphatic hydroxyl groups is 17. The summed E-state index contributed by atoms with van der Waals surface area (Å²) in [6, 6.07) is -1.73. The van der Waals surface area contributed by atoms with Crippen LogP contribution in [0.2, 0.25) is 0 Å². The fraction of sp³-hybridized carbons (Fsp3) is 0.949. The van der Waals surface area contributed by atoms with Gasteiger partial charge in [0.25, 0.3) is 0 Å². The SMILES string of the molecule is C=CCO[C@@H]1OC(CO)[C@H](O[C@@H]2OC(CO)[C@H](O[C@@H]3OC(CO)[C@H](O)C(O[C@@H]4OC(CO)[C@H](O)[C@H](O[C@@H]5OC(CO)[C@H](O)[C@H](O)C5O[C@@H]5OC(C)[C@H](O)[C@@H](O)C5O)C4N)[C@H]3O)[C@H](O)C2O)[C@H](O)C1O. The molecule has 0 amide bonds. The highest BCUT2D eigenvalue weighted by Crippen LogP contribution is 2.37. The maximum absolute atomic E-state index is 11.6. The summed E-state index contributed by atoms with van der Waals surface area (Å²) in [6.45, 7) is 0.102. The summed E-state index contributed by atoms with van der Waals surface area (Å²) in [5, 5.41) is 182. The second-order valence-corrected chi connectivity index (χ2v) is 17.4. The van der Waals surface area contributed by atoms with Gasteiger partial charge in [-0.25, -0.2) is 0 Å². The van der Waals surface area contributed by atoms with Gasteiger partial charge in [-0.05, 0) is 6.92 Å². The third-order valence-electron chi connectivity index (χ3n) is 12.8. The van der Waals surface area contributed by atoms with E-state index in [4.69, 9.17) is 62.6 Å². The molecule has 6 fully saturated rings. The largest absolute Gasteiger partial charge is 0.394 e. The molecule has 6 rings (SSSR count). The van der Waals surface area contributed by atoms with E-state index in [0.717, 1.165) is 0 Å². The van der Waals surface area contributed by atoms with Gasteiger partial charge >= 0.3 is 0 Å². The molecule has 0 radical (unpaired) electrons. The van der Waals surface area contributed by atoms with Gasteiger partial charge in [-0.2, -0.15) is 0 Å². The van der Waals surface area contributed by atoms with Crippen molar-refractivity contribution in [3.05, 3.63) is 12.7 Å².